The van der Waals surface area contributed by atoms with Gasteiger partial charge in [0.15, 0.2) is 0 Å². The Morgan fingerprint density at radius 1 is 0.966 bits per heavy atom. The molecule has 1 heterocycles. The van der Waals surface area contributed by atoms with Crippen molar-refractivity contribution in [3.63, 3.8) is 0 Å². The molecule has 3 aromatic carbocycles. The molecule has 0 bridgehead atoms. The van der Waals surface area contributed by atoms with E-state index in [2.05, 4.69) is 21.2 Å². The number of nitrogens with zero attached hydrogens (tertiary/aromatic N) is 1. The molecule has 144 valence electrons. The molecule has 1 aromatic heterocycles. The fourth-order valence-corrected chi connectivity index (χ4v) is 3.82. The highest BCUT2D eigenvalue weighted by molar-refractivity contribution is 9.10. The van der Waals surface area contributed by atoms with Crippen LogP contribution in [0.5, 0.6) is 0 Å². The fraction of sp³-hybridized carbons (Fsp3) is 0.0833. The highest BCUT2D eigenvalue weighted by atomic mass is 79.9. The number of carbonyl (C=O) groups excluding carboxylic acids is 1. The number of benzene rings is 3. The lowest BCUT2D eigenvalue weighted by Gasteiger charge is -2.11. The molecule has 0 aliphatic carbocycles. The summed E-state index contributed by atoms with van der Waals surface area (Å²) in [6.07, 6.45) is 0.713. The predicted molar refractivity (Wildman–Crippen MR) is 122 cm³/mol. The maximum atomic E-state index is 13.0. The lowest BCUT2D eigenvalue weighted by molar-refractivity contribution is 0.0956. The molecule has 0 fully saturated rings. The van der Waals surface area contributed by atoms with Crippen LogP contribution in [-0.4, -0.2) is 17.4 Å². The van der Waals surface area contributed by atoms with Crippen LogP contribution in [0.4, 0.5) is 0 Å². The van der Waals surface area contributed by atoms with Gasteiger partial charge in [-0.2, -0.15) is 0 Å². The average molecular weight is 466 g/mol. The van der Waals surface area contributed by atoms with Crippen molar-refractivity contribution in [3.05, 3.63) is 99.5 Å². The van der Waals surface area contributed by atoms with Crippen molar-refractivity contribution < 1.29 is 4.79 Å². The number of pyridine rings is 1. The molecule has 0 saturated heterocycles. The standard InChI is InChI=1S/C24H18BrClN2O/c25-18-9-10-22-20(14-18)21(15-23(28-22)17-6-2-1-3-7-17)24(29)27-12-11-16-5-4-8-19(26)13-16/h1-10,13-15H,11-12H2,(H,27,29). The Bertz CT molecular complexity index is 1180. The van der Waals surface area contributed by atoms with Crippen molar-refractivity contribution in [1.82, 2.24) is 10.3 Å². The van der Waals surface area contributed by atoms with Gasteiger partial charge in [0.1, 0.15) is 0 Å². The molecule has 0 spiro atoms. The molecule has 5 heteroatoms. The maximum absolute atomic E-state index is 13.0. The first-order valence-corrected chi connectivity index (χ1v) is 10.5. The molecule has 4 aromatic rings. The van der Waals surface area contributed by atoms with Gasteiger partial charge in [0.25, 0.3) is 5.91 Å². The smallest absolute Gasteiger partial charge is 0.252 e. The zero-order chi connectivity index (χ0) is 20.2. The minimum absolute atomic E-state index is 0.116. The zero-order valence-electron chi connectivity index (χ0n) is 15.5. The topological polar surface area (TPSA) is 42.0 Å². The molecule has 3 nitrogen and oxygen atoms in total. The summed E-state index contributed by atoms with van der Waals surface area (Å²) < 4.78 is 0.909. The van der Waals surface area contributed by atoms with E-state index < -0.39 is 0 Å². The van der Waals surface area contributed by atoms with Gasteiger partial charge in [-0.1, -0.05) is 70.0 Å². The minimum atomic E-state index is -0.116. The van der Waals surface area contributed by atoms with Crippen LogP contribution in [0.15, 0.2) is 83.3 Å². The Hall–Kier alpha value is -2.69. The van der Waals surface area contributed by atoms with Gasteiger partial charge >= 0.3 is 0 Å². The normalized spacial score (nSPS) is 10.8. The number of aromatic nitrogens is 1. The first kappa shape index (κ1) is 19.6. The van der Waals surface area contributed by atoms with Crippen molar-refractivity contribution in [1.29, 1.82) is 0 Å². The third-order valence-corrected chi connectivity index (χ3v) is 5.40. The average Bonchev–Trinajstić information content (AvgIpc) is 2.73. The Labute approximate surface area is 182 Å². The molecular formula is C24H18BrClN2O. The van der Waals surface area contributed by atoms with E-state index >= 15 is 0 Å². The molecular weight excluding hydrogens is 448 g/mol. The van der Waals surface area contributed by atoms with E-state index in [0.29, 0.717) is 23.6 Å². The summed E-state index contributed by atoms with van der Waals surface area (Å²) in [5.74, 6) is -0.116. The molecule has 0 atom stereocenters. The molecule has 0 unspecified atom stereocenters. The first-order valence-electron chi connectivity index (χ1n) is 9.28. The second-order valence-corrected chi connectivity index (χ2v) is 8.07. The highest BCUT2D eigenvalue weighted by Crippen LogP contribution is 2.27. The van der Waals surface area contributed by atoms with E-state index in [0.717, 1.165) is 32.2 Å². The number of halogens is 2. The Balaban J connectivity index is 1.63. The van der Waals surface area contributed by atoms with E-state index in [1.54, 1.807) is 0 Å². The summed E-state index contributed by atoms with van der Waals surface area (Å²) in [6.45, 7) is 0.525. The van der Waals surface area contributed by atoms with Crippen molar-refractivity contribution in [2.45, 2.75) is 6.42 Å². The molecule has 4 rings (SSSR count). The SMILES string of the molecule is O=C(NCCc1cccc(Cl)c1)c1cc(-c2ccccc2)nc2ccc(Br)cc12. The summed E-state index contributed by atoms with van der Waals surface area (Å²) in [5, 5.41) is 4.55. The lowest BCUT2D eigenvalue weighted by atomic mass is 10.0. The number of hydrogen-bond acceptors (Lipinski definition) is 2. The van der Waals surface area contributed by atoms with Gasteiger partial charge in [0.2, 0.25) is 0 Å². The molecule has 0 aliphatic heterocycles. The van der Waals surface area contributed by atoms with Gasteiger partial charge in [-0.3, -0.25) is 4.79 Å². The molecule has 29 heavy (non-hydrogen) atoms. The largest absolute Gasteiger partial charge is 0.352 e. The Morgan fingerprint density at radius 3 is 2.59 bits per heavy atom. The molecule has 0 aliphatic rings. The zero-order valence-corrected chi connectivity index (χ0v) is 17.9. The van der Waals surface area contributed by atoms with Crippen molar-refractivity contribution in [2.24, 2.45) is 0 Å². The molecule has 0 radical (unpaired) electrons. The van der Waals surface area contributed by atoms with Crippen molar-refractivity contribution >= 4 is 44.3 Å². The third kappa shape index (κ3) is 4.66. The summed E-state index contributed by atoms with van der Waals surface area (Å²) in [4.78, 5) is 17.8. The summed E-state index contributed by atoms with van der Waals surface area (Å²) >= 11 is 9.54. The van der Waals surface area contributed by atoms with E-state index in [-0.39, 0.29) is 5.91 Å². The first-order chi connectivity index (χ1) is 14.1. The highest BCUT2D eigenvalue weighted by Gasteiger charge is 2.14. The molecule has 1 N–H and O–H groups in total. The molecule has 0 saturated carbocycles. The van der Waals surface area contributed by atoms with Crippen LogP contribution in [0.1, 0.15) is 15.9 Å². The number of nitrogens with one attached hydrogen (secondary N) is 1. The number of rotatable bonds is 5. The van der Waals surface area contributed by atoms with Crippen LogP contribution in [-0.2, 0) is 6.42 Å². The van der Waals surface area contributed by atoms with E-state index in [1.165, 1.54) is 0 Å². The van der Waals surface area contributed by atoms with Gasteiger partial charge in [-0.15, -0.1) is 0 Å². The van der Waals surface area contributed by atoms with Crippen LogP contribution in [0.2, 0.25) is 5.02 Å². The second kappa shape index (κ2) is 8.76. The van der Waals surface area contributed by atoms with Gasteiger partial charge in [0, 0.05) is 27.0 Å². The number of amides is 1. The number of fused-ring (bicyclic) bond motifs is 1. The number of carbonyl (C=O) groups is 1. The van der Waals surface area contributed by atoms with Crippen LogP contribution < -0.4 is 5.32 Å². The second-order valence-electron chi connectivity index (χ2n) is 6.72. The number of hydrogen-bond donors (Lipinski definition) is 1. The van der Waals surface area contributed by atoms with Crippen LogP contribution >= 0.6 is 27.5 Å². The van der Waals surface area contributed by atoms with E-state index in [4.69, 9.17) is 16.6 Å². The van der Waals surface area contributed by atoms with Crippen LogP contribution in [0, 0.1) is 0 Å². The van der Waals surface area contributed by atoms with E-state index in [1.807, 2.05) is 78.9 Å². The minimum Gasteiger partial charge on any atom is -0.352 e. The third-order valence-electron chi connectivity index (χ3n) is 4.67. The summed E-state index contributed by atoms with van der Waals surface area (Å²) in [5.41, 5.74) is 4.24. The van der Waals surface area contributed by atoms with E-state index in [9.17, 15) is 4.79 Å². The van der Waals surface area contributed by atoms with Crippen LogP contribution in [0.3, 0.4) is 0 Å². The predicted octanol–water partition coefficient (Wildman–Crippen LogP) is 6.29. The lowest BCUT2D eigenvalue weighted by Crippen LogP contribution is -2.26. The molecule has 1 amide bonds. The van der Waals surface area contributed by atoms with Crippen molar-refractivity contribution in [2.75, 3.05) is 6.54 Å². The van der Waals surface area contributed by atoms with Gasteiger partial charge in [0.05, 0.1) is 16.8 Å². The maximum Gasteiger partial charge on any atom is 0.252 e. The fourth-order valence-electron chi connectivity index (χ4n) is 3.25. The quantitative estimate of drug-likeness (QED) is 0.376. The van der Waals surface area contributed by atoms with Gasteiger partial charge in [-0.05, 0) is 48.4 Å². The van der Waals surface area contributed by atoms with Crippen molar-refractivity contribution in [3.8, 4) is 11.3 Å². The summed E-state index contributed by atoms with van der Waals surface area (Å²) in [7, 11) is 0. The van der Waals surface area contributed by atoms with Gasteiger partial charge < -0.3 is 5.32 Å². The Kier molecular flexibility index (Phi) is 5.93. The monoisotopic (exact) mass is 464 g/mol. The summed E-state index contributed by atoms with van der Waals surface area (Å²) in [6, 6.07) is 25.2. The Morgan fingerprint density at radius 2 is 1.79 bits per heavy atom. The van der Waals surface area contributed by atoms with Gasteiger partial charge in [-0.25, -0.2) is 4.98 Å². The van der Waals surface area contributed by atoms with Crippen LogP contribution in [0.25, 0.3) is 22.2 Å².